The Balaban J connectivity index is 1.69. The number of H-pyrrole nitrogens is 1. The molecule has 4 aromatic rings. The number of fused-ring (bicyclic) bond motifs is 2. The van der Waals surface area contributed by atoms with Crippen LogP contribution >= 0.6 is 0 Å². The van der Waals surface area contributed by atoms with Gasteiger partial charge in [0.2, 0.25) is 0 Å². The molecule has 2 aromatic heterocycles. The van der Waals surface area contributed by atoms with Gasteiger partial charge in [0.1, 0.15) is 0 Å². The first kappa shape index (κ1) is 16.9. The highest BCUT2D eigenvalue weighted by atomic mass is 15.3. The third kappa shape index (κ3) is 2.92. The highest BCUT2D eigenvalue weighted by Crippen LogP contribution is 2.30. The van der Waals surface area contributed by atoms with E-state index in [4.69, 9.17) is 5.10 Å². The van der Waals surface area contributed by atoms with Crippen LogP contribution in [0.2, 0.25) is 0 Å². The lowest BCUT2D eigenvalue weighted by molar-refractivity contribution is 0.417. The van der Waals surface area contributed by atoms with E-state index in [2.05, 4.69) is 86.7 Å². The highest BCUT2D eigenvalue weighted by molar-refractivity contribution is 5.81. The summed E-state index contributed by atoms with van der Waals surface area (Å²) in [7, 11) is 0. The summed E-state index contributed by atoms with van der Waals surface area (Å²) in [6.07, 6.45) is 3.99. The number of nitrogens with one attached hydrogen (secondary N) is 1. The lowest BCUT2D eigenvalue weighted by Gasteiger charge is -2.26. The van der Waals surface area contributed by atoms with E-state index in [1.54, 1.807) is 0 Å². The Labute approximate surface area is 155 Å². The molecule has 2 aromatic carbocycles. The first-order chi connectivity index (χ1) is 12.2. The van der Waals surface area contributed by atoms with E-state index in [1.807, 2.05) is 12.4 Å². The number of benzene rings is 2. The number of hydrogen-bond donors (Lipinski definition) is 1. The molecule has 0 amide bonds. The van der Waals surface area contributed by atoms with Crippen LogP contribution < -0.4 is 0 Å². The molecule has 1 N–H and O–H groups in total. The van der Waals surface area contributed by atoms with Gasteiger partial charge in [-0.3, -0.25) is 4.68 Å². The van der Waals surface area contributed by atoms with Gasteiger partial charge in [0.05, 0.1) is 18.3 Å². The largest absolute Gasteiger partial charge is 0.361 e. The lowest BCUT2D eigenvalue weighted by Crippen LogP contribution is -2.25. The van der Waals surface area contributed by atoms with Crippen LogP contribution in [-0.2, 0) is 17.4 Å². The highest BCUT2D eigenvalue weighted by Gasteiger charge is 2.23. The molecule has 0 saturated carbocycles. The molecular weight excluding hydrogens is 318 g/mol. The van der Waals surface area contributed by atoms with Gasteiger partial charge < -0.3 is 4.98 Å². The molecule has 0 aliphatic heterocycles. The SMILES string of the molecule is CC(C)(C)c1ccc2c(cnn2CC(C)(C)c2ccc3[nH]ccc3c2)c1. The molecule has 0 unspecified atom stereocenters. The molecule has 26 heavy (non-hydrogen) atoms. The summed E-state index contributed by atoms with van der Waals surface area (Å²) >= 11 is 0. The average molecular weight is 345 g/mol. The predicted molar refractivity (Wildman–Crippen MR) is 110 cm³/mol. The zero-order chi connectivity index (χ0) is 18.5. The predicted octanol–water partition coefficient (Wildman–Crippen LogP) is 5.79. The normalized spacial score (nSPS) is 13.0. The smallest absolute Gasteiger partial charge is 0.0682 e. The molecule has 4 rings (SSSR count). The standard InChI is InChI=1S/C23H27N3/c1-22(2,3)18-7-9-21-17(13-18)14-25-26(21)15-23(4,5)19-6-8-20-16(12-19)10-11-24-20/h6-14,24H,15H2,1-5H3. The van der Waals surface area contributed by atoms with Crippen LogP contribution in [-0.4, -0.2) is 14.8 Å². The fourth-order valence-electron chi connectivity index (χ4n) is 3.62. The molecule has 2 heterocycles. The molecule has 0 aliphatic rings. The third-order valence-electron chi connectivity index (χ3n) is 5.39. The fourth-order valence-corrected chi connectivity index (χ4v) is 3.62. The number of aromatic amines is 1. The van der Waals surface area contributed by atoms with E-state index in [0.717, 1.165) is 6.54 Å². The molecule has 0 radical (unpaired) electrons. The molecule has 0 saturated heterocycles. The van der Waals surface area contributed by atoms with E-state index in [-0.39, 0.29) is 10.8 Å². The summed E-state index contributed by atoms with van der Waals surface area (Å²) in [5.41, 5.74) is 5.22. The average Bonchev–Trinajstić information content (AvgIpc) is 3.19. The van der Waals surface area contributed by atoms with E-state index >= 15 is 0 Å². The first-order valence-electron chi connectivity index (χ1n) is 9.28. The van der Waals surface area contributed by atoms with Gasteiger partial charge in [-0.25, -0.2) is 0 Å². The van der Waals surface area contributed by atoms with Gasteiger partial charge in [-0.15, -0.1) is 0 Å². The van der Waals surface area contributed by atoms with Crippen LogP contribution in [0, 0.1) is 0 Å². The van der Waals surface area contributed by atoms with Crippen molar-refractivity contribution in [3.8, 4) is 0 Å². The second kappa shape index (κ2) is 5.73. The van der Waals surface area contributed by atoms with Crippen molar-refractivity contribution in [1.82, 2.24) is 14.8 Å². The zero-order valence-corrected chi connectivity index (χ0v) is 16.3. The van der Waals surface area contributed by atoms with Gasteiger partial charge in [-0.1, -0.05) is 46.8 Å². The Kier molecular flexibility index (Phi) is 3.72. The maximum atomic E-state index is 4.69. The quantitative estimate of drug-likeness (QED) is 0.501. The Morgan fingerprint density at radius 3 is 2.38 bits per heavy atom. The van der Waals surface area contributed by atoms with Crippen LogP contribution in [0.5, 0.6) is 0 Å². The number of rotatable bonds is 3. The van der Waals surface area contributed by atoms with Crippen molar-refractivity contribution in [3.63, 3.8) is 0 Å². The number of aromatic nitrogens is 3. The lowest BCUT2D eigenvalue weighted by atomic mass is 9.84. The molecule has 0 bridgehead atoms. The second-order valence-corrected chi connectivity index (χ2v) is 8.99. The summed E-state index contributed by atoms with van der Waals surface area (Å²) in [6.45, 7) is 12.2. The zero-order valence-electron chi connectivity index (χ0n) is 16.3. The summed E-state index contributed by atoms with van der Waals surface area (Å²) in [5, 5.41) is 7.17. The van der Waals surface area contributed by atoms with Crippen molar-refractivity contribution in [3.05, 3.63) is 66.0 Å². The minimum atomic E-state index is -0.00684. The van der Waals surface area contributed by atoms with Gasteiger partial charge >= 0.3 is 0 Å². The van der Waals surface area contributed by atoms with E-state index in [1.165, 1.54) is 32.9 Å². The van der Waals surface area contributed by atoms with Gasteiger partial charge in [0.15, 0.2) is 0 Å². The molecule has 134 valence electrons. The Hall–Kier alpha value is -2.55. The van der Waals surface area contributed by atoms with Crippen LogP contribution in [0.15, 0.2) is 54.9 Å². The van der Waals surface area contributed by atoms with Crippen molar-refractivity contribution in [2.24, 2.45) is 0 Å². The molecule has 0 spiro atoms. The van der Waals surface area contributed by atoms with Gasteiger partial charge in [-0.05, 0) is 52.3 Å². The Morgan fingerprint density at radius 1 is 0.885 bits per heavy atom. The van der Waals surface area contributed by atoms with Crippen LogP contribution in [0.3, 0.4) is 0 Å². The maximum Gasteiger partial charge on any atom is 0.0682 e. The topological polar surface area (TPSA) is 33.6 Å². The Morgan fingerprint density at radius 2 is 1.62 bits per heavy atom. The van der Waals surface area contributed by atoms with Crippen LogP contribution in [0.25, 0.3) is 21.8 Å². The minimum absolute atomic E-state index is 0.00684. The van der Waals surface area contributed by atoms with Gasteiger partial charge in [-0.2, -0.15) is 5.10 Å². The molecule has 3 nitrogen and oxygen atoms in total. The van der Waals surface area contributed by atoms with Crippen molar-refractivity contribution >= 4 is 21.8 Å². The van der Waals surface area contributed by atoms with E-state index < -0.39 is 0 Å². The summed E-state index contributed by atoms with van der Waals surface area (Å²) < 4.78 is 2.14. The molecule has 0 fully saturated rings. The van der Waals surface area contributed by atoms with Gasteiger partial charge in [0.25, 0.3) is 0 Å². The van der Waals surface area contributed by atoms with Crippen molar-refractivity contribution in [2.75, 3.05) is 0 Å². The van der Waals surface area contributed by atoms with E-state index in [0.29, 0.717) is 0 Å². The van der Waals surface area contributed by atoms with Crippen molar-refractivity contribution in [1.29, 1.82) is 0 Å². The van der Waals surface area contributed by atoms with Gasteiger partial charge in [0, 0.05) is 22.5 Å². The monoisotopic (exact) mass is 345 g/mol. The van der Waals surface area contributed by atoms with Crippen LogP contribution in [0.4, 0.5) is 0 Å². The molecule has 0 aliphatic carbocycles. The fraction of sp³-hybridized carbons (Fsp3) is 0.348. The first-order valence-corrected chi connectivity index (χ1v) is 9.28. The molecular formula is C23H27N3. The summed E-state index contributed by atoms with van der Waals surface area (Å²) in [6, 6.07) is 15.5. The minimum Gasteiger partial charge on any atom is -0.361 e. The molecule has 3 heteroatoms. The van der Waals surface area contributed by atoms with E-state index in [9.17, 15) is 0 Å². The van der Waals surface area contributed by atoms with Crippen molar-refractivity contribution in [2.45, 2.75) is 52.0 Å². The van der Waals surface area contributed by atoms with Crippen LogP contribution in [0.1, 0.15) is 45.7 Å². The maximum absolute atomic E-state index is 4.69. The van der Waals surface area contributed by atoms with Crippen molar-refractivity contribution < 1.29 is 0 Å². The Bertz CT molecular complexity index is 1070. The summed E-state index contributed by atoms with van der Waals surface area (Å²) in [4.78, 5) is 3.27. The summed E-state index contributed by atoms with van der Waals surface area (Å²) in [5.74, 6) is 0. The third-order valence-corrected chi connectivity index (χ3v) is 5.39. The molecule has 0 atom stereocenters. The number of nitrogens with zero attached hydrogens (tertiary/aromatic N) is 2. The second-order valence-electron chi connectivity index (χ2n) is 8.99. The number of hydrogen-bond acceptors (Lipinski definition) is 1.